The molecule has 0 spiro atoms. The number of amides is 3. The minimum Gasteiger partial charge on any atom is -0.316 e. The zero-order chi connectivity index (χ0) is 13.4. The van der Waals surface area contributed by atoms with Gasteiger partial charge in [-0.05, 0) is 18.1 Å². The number of carbonyl (C=O) groups is 2. The average Bonchev–Trinajstić information content (AvgIpc) is 2.86. The summed E-state index contributed by atoms with van der Waals surface area (Å²) in [6, 6.07) is 6.29. The van der Waals surface area contributed by atoms with E-state index in [9.17, 15) is 9.59 Å². The van der Waals surface area contributed by atoms with Crippen LogP contribution in [0.15, 0.2) is 24.3 Å². The van der Waals surface area contributed by atoms with E-state index in [4.69, 9.17) is 0 Å². The molecule has 0 bridgehead atoms. The van der Waals surface area contributed by atoms with Crippen LogP contribution in [0.1, 0.15) is 5.69 Å². The number of urea groups is 1. The van der Waals surface area contributed by atoms with Gasteiger partial charge in [0.15, 0.2) is 6.04 Å². The highest BCUT2D eigenvalue weighted by atomic mass is 16.2. The summed E-state index contributed by atoms with van der Waals surface area (Å²) in [5.41, 5.74) is 1.55. The Hall–Kier alpha value is -2.81. The number of hydrogen-bond acceptors (Lipinski definition) is 3. The quantitative estimate of drug-likeness (QED) is 0.518. The number of aromatic nitrogens is 2. The van der Waals surface area contributed by atoms with E-state index < -0.39 is 18.0 Å². The van der Waals surface area contributed by atoms with Gasteiger partial charge in [0.1, 0.15) is 5.69 Å². The van der Waals surface area contributed by atoms with Crippen molar-refractivity contribution in [1.29, 1.82) is 0 Å². The van der Waals surface area contributed by atoms with Crippen LogP contribution in [0.2, 0.25) is 0 Å². The predicted molar refractivity (Wildman–Crippen MR) is 68.1 cm³/mol. The third-order valence-corrected chi connectivity index (χ3v) is 2.85. The third-order valence-electron chi connectivity index (χ3n) is 2.85. The van der Waals surface area contributed by atoms with Crippen molar-refractivity contribution >= 4 is 22.8 Å². The van der Waals surface area contributed by atoms with Gasteiger partial charge in [0.25, 0.3) is 5.91 Å². The van der Waals surface area contributed by atoms with Crippen LogP contribution in [-0.2, 0) is 11.8 Å². The summed E-state index contributed by atoms with van der Waals surface area (Å²) in [6.07, 6.45) is 0. The fourth-order valence-electron chi connectivity index (χ4n) is 1.95. The summed E-state index contributed by atoms with van der Waals surface area (Å²) in [5.74, 6) is 5.22. The molecule has 2 heterocycles. The molecule has 1 saturated heterocycles. The van der Waals surface area contributed by atoms with Crippen LogP contribution >= 0.6 is 0 Å². The number of imide groups is 1. The van der Waals surface area contributed by atoms with Gasteiger partial charge in [0, 0.05) is 12.4 Å². The van der Waals surface area contributed by atoms with Crippen LogP contribution in [0.25, 0.3) is 10.9 Å². The van der Waals surface area contributed by atoms with Gasteiger partial charge in [-0.3, -0.25) is 14.8 Å². The molecule has 19 heavy (non-hydrogen) atoms. The topological polar surface area (TPSA) is 76.0 Å². The zero-order valence-electron chi connectivity index (χ0n) is 10.1. The number of fused-ring (bicyclic) bond motifs is 1. The Labute approximate surface area is 108 Å². The fourth-order valence-corrected chi connectivity index (χ4v) is 1.95. The lowest BCUT2D eigenvalue weighted by atomic mass is 10.2. The number of nitrogens with one attached hydrogen (secondary N) is 2. The average molecular weight is 254 g/mol. The van der Waals surface area contributed by atoms with Gasteiger partial charge < -0.3 is 5.32 Å². The Morgan fingerprint density at radius 2 is 2.11 bits per heavy atom. The maximum absolute atomic E-state index is 11.4. The first-order valence-electron chi connectivity index (χ1n) is 5.70. The van der Waals surface area contributed by atoms with E-state index >= 15 is 0 Å². The molecule has 0 aliphatic carbocycles. The Morgan fingerprint density at radius 1 is 1.32 bits per heavy atom. The van der Waals surface area contributed by atoms with Crippen LogP contribution in [0.5, 0.6) is 0 Å². The van der Waals surface area contributed by atoms with E-state index in [-0.39, 0.29) is 0 Å². The van der Waals surface area contributed by atoms with Gasteiger partial charge in [0.05, 0.1) is 5.52 Å². The second-order valence-corrected chi connectivity index (χ2v) is 4.15. The molecule has 0 radical (unpaired) electrons. The van der Waals surface area contributed by atoms with Gasteiger partial charge >= 0.3 is 6.03 Å². The Morgan fingerprint density at radius 3 is 2.84 bits per heavy atom. The maximum Gasteiger partial charge on any atom is 0.322 e. The minimum atomic E-state index is -0.804. The lowest BCUT2D eigenvalue weighted by Gasteiger charge is -1.95. The molecular formula is C13H10N4O2. The standard InChI is InChI=1S/C13H10N4O2/c1-17-11(8-4-2-3-5-9(8)16-17)7-6-10-12(18)15-13(19)14-10/h2-5,10H,1H3,(H2,14,15,18,19). The maximum atomic E-state index is 11.4. The highest BCUT2D eigenvalue weighted by Gasteiger charge is 2.27. The molecule has 6 nitrogen and oxygen atoms in total. The number of nitrogens with zero attached hydrogens (tertiary/aromatic N) is 2. The van der Waals surface area contributed by atoms with E-state index in [1.54, 1.807) is 11.7 Å². The zero-order valence-corrected chi connectivity index (χ0v) is 10.1. The lowest BCUT2D eigenvalue weighted by molar-refractivity contribution is -0.119. The monoisotopic (exact) mass is 254 g/mol. The molecule has 2 N–H and O–H groups in total. The third kappa shape index (κ3) is 1.91. The van der Waals surface area contributed by atoms with Crippen LogP contribution < -0.4 is 10.6 Å². The molecule has 3 rings (SSSR count). The second kappa shape index (κ2) is 4.14. The molecule has 1 unspecified atom stereocenters. The molecule has 1 aliphatic rings. The van der Waals surface area contributed by atoms with Gasteiger partial charge in [-0.15, -0.1) is 0 Å². The van der Waals surface area contributed by atoms with Crippen LogP contribution in [0.3, 0.4) is 0 Å². The Bertz CT molecular complexity index is 751. The molecular weight excluding hydrogens is 244 g/mol. The number of carbonyl (C=O) groups excluding carboxylic acids is 2. The van der Waals surface area contributed by atoms with Crippen molar-refractivity contribution < 1.29 is 9.59 Å². The molecule has 6 heteroatoms. The largest absolute Gasteiger partial charge is 0.322 e. The number of aryl methyl sites for hydroxylation is 1. The van der Waals surface area contributed by atoms with E-state index in [2.05, 4.69) is 27.6 Å². The van der Waals surface area contributed by atoms with Crippen molar-refractivity contribution in [1.82, 2.24) is 20.4 Å². The van der Waals surface area contributed by atoms with E-state index in [1.807, 2.05) is 24.3 Å². The smallest absolute Gasteiger partial charge is 0.316 e. The minimum absolute atomic E-state index is 0.427. The van der Waals surface area contributed by atoms with Crippen molar-refractivity contribution in [2.75, 3.05) is 0 Å². The summed E-state index contributed by atoms with van der Waals surface area (Å²) < 4.78 is 1.66. The number of rotatable bonds is 0. The SMILES string of the molecule is Cn1nc2ccccc2c1C#CC1NC(=O)NC1=O. The van der Waals surface area contributed by atoms with Gasteiger partial charge in [-0.25, -0.2) is 4.79 Å². The number of hydrogen-bond donors (Lipinski definition) is 2. The van der Waals surface area contributed by atoms with E-state index in [1.165, 1.54) is 0 Å². The van der Waals surface area contributed by atoms with Crippen molar-refractivity contribution in [3.05, 3.63) is 30.0 Å². The molecule has 1 atom stereocenters. The van der Waals surface area contributed by atoms with E-state index in [0.717, 1.165) is 10.9 Å². The molecule has 2 aromatic rings. The van der Waals surface area contributed by atoms with Crippen molar-refractivity contribution in [3.63, 3.8) is 0 Å². The summed E-state index contributed by atoms with van der Waals surface area (Å²) in [6.45, 7) is 0. The van der Waals surface area contributed by atoms with E-state index in [0.29, 0.717) is 5.69 Å². The normalized spacial score (nSPS) is 17.8. The van der Waals surface area contributed by atoms with Gasteiger partial charge in [0.2, 0.25) is 0 Å². The first kappa shape index (κ1) is 11.3. The summed E-state index contributed by atoms with van der Waals surface area (Å²) in [7, 11) is 1.79. The van der Waals surface area contributed by atoms with Crippen LogP contribution in [0.4, 0.5) is 4.79 Å². The molecule has 1 aromatic heterocycles. The summed E-state index contributed by atoms with van der Waals surface area (Å²) in [4.78, 5) is 22.3. The molecule has 1 aromatic carbocycles. The predicted octanol–water partition coefficient (Wildman–Crippen LogP) is 0.133. The van der Waals surface area contributed by atoms with Crippen LogP contribution in [-0.4, -0.2) is 27.8 Å². The molecule has 3 amide bonds. The first-order valence-corrected chi connectivity index (χ1v) is 5.70. The molecule has 1 fully saturated rings. The summed E-state index contributed by atoms with van der Waals surface area (Å²) in [5, 5.41) is 9.80. The van der Waals surface area contributed by atoms with Crippen molar-refractivity contribution in [2.45, 2.75) is 6.04 Å². The Balaban J connectivity index is 2.01. The highest BCUT2D eigenvalue weighted by Crippen LogP contribution is 2.16. The van der Waals surface area contributed by atoms with Gasteiger partial charge in [-0.2, -0.15) is 5.10 Å². The molecule has 1 aliphatic heterocycles. The summed E-state index contributed by atoms with van der Waals surface area (Å²) >= 11 is 0. The fraction of sp³-hybridized carbons (Fsp3) is 0.154. The lowest BCUT2D eigenvalue weighted by Crippen LogP contribution is -2.26. The molecule has 94 valence electrons. The highest BCUT2D eigenvalue weighted by molar-refractivity contribution is 6.06. The first-order chi connectivity index (χ1) is 9.15. The second-order valence-electron chi connectivity index (χ2n) is 4.15. The van der Waals surface area contributed by atoms with Crippen LogP contribution in [0, 0.1) is 11.8 Å². The van der Waals surface area contributed by atoms with Crippen molar-refractivity contribution in [2.24, 2.45) is 7.05 Å². The van der Waals surface area contributed by atoms with Crippen molar-refractivity contribution in [3.8, 4) is 11.8 Å². The number of benzene rings is 1. The van der Waals surface area contributed by atoms with Gasteiger partial charge in [-0.1, -0.05) is 18.1 Å². The Kier molecular flexibility index (Phi) is 2.46. The molecule has 0 saturated carbocycles.